The van der Waals surface area contributed by atoms with Gasteiger partial charge in [-0.25, -0.2) is 0 Å². The summed E-state index contributed by atoms with van der Waals surface area (Å²) >= 11 is 4.47. The first-order valence-corrected chi connectivity index (χ1v) is 11.0. The number of rotatable bonds is 6. The Morgan fingerprint density at radius 3 is 2.21 bits per heavy atom. The second-order valence-electron chi connectivity index (χ2n) is 6.67. The van der Waals surface area contributed by atoms with E-state index < -0.39 is 0 Å². The first kappa shape index (κ1) is 25.2. The minimum atomic E-state index is -0.00398. The van der Waals surface area contributed by atoms with E-state index >= 15 is 0 Å². The van der Waals surface area contributed by atoms with Crippen LogP contribution < -0.4 is 4.74 Å². The van der Waals surface area contributed by atoms with Gasteiger partial charge in [-0.2, -0.15) is 0 Å². The molecule has 0 saturated heterocycles. The summed E-state index contributed by atoms with van der Waals surface area (Å²) in [6.07, 6.45) is 0. The SMILES string of the molecule is C=C(C)c1cc(C)c(I)cc1OCOC.Cc1cc(C(C)CO)c(O)cc1I. The largest absolute Gasteiger partial charge is 0.508 e. The maximum absolute atomic E-state index is 9.60. The van der Waals surface area contributed by atoms with E-state index in [0.29, 0.717) is 0 Å². The summed E-state index contributed by atoms with van der Waals surface area (Å²) in [6, 6.07) is 7.77. The van der Waals surface area contributed by atoms with Crippen molar-refractivity contribution in [2.45, 2.75) is 33.6 Å². The van der Waals surface area contributed by atoms with Gasteiger partial charge in [-0.05, 0) is 106 Å². The molecule has 28 heavy (non-hydrogen) atoms. The van der Waals surface area contributed by atoms with Crippen molar-refractivity contribution in [1.29, 1.82) is 0 Å². The highest BCUT2D eigenvalue weighted by molar-refractivity contribution is 14.1. The normalized spacial score (nSPS) is 11.4. The molecule has 0 aliphatic heterocycles. The van der Waals surface area contributed by atoms with Crippen LogP contribution in [-0.2, 0) is 4.74 Å². The lowest BCUT2D eigenvalue weighted by Crippen LogP contribution is -2.02. The van der Waals surface area contributed by atoms with Crippen LogP contribution in [0.2, 0.25) is 0 Å². The Morgan fingerprint density at radius 2 is 1.68 bits per heavy atom. The van der Waals surface area contributed by atoms with Crippen LogP contribution in [0.1, 0.15) is 42.0 Å². The van der Waals surface area contributed by atoms with Gasteiger partial charge in [-0.1, -0.05) is 19.6 Å². The standard InChI is InChI=1S/C12H15IO2.C10H13IO2/c1-8(2)10-5-9(3)11(13)6-12(10)15-7-14-4;1-6-3-8(7(2)5-12)10(13)4-9(6)11/h5-6H,1,7H2,2-4H3;3-4,7,12-13H,5H2,1-2H3. The molecule has 0 aliphatic rings. The summed E-state index contributed by atoms with van der Waals surface area (Å²) in [5, 5.41) is 18.6. The maximum atomic E-state index is 9.60. The number of aliphatic hydroxyl groups excluding tert-OH is 1. The zero-order chi connectivity index (χ0) is 21.4. The predicted octanol–water partition coefficient (Wildman–Crippen LogP) is 6.02. The topological polar surface area (TPSA) is 58.9 Å². The Morgan fingerprint density at radius 1 is 1.11 bits per heavy atom. The number of halogens is 2. The van der Waals surface area contributed by atoms with Gasteiger partial charge in [0.05, 0.1) is 0 Å². The number of aryl methyl sites for hydroxylation is 2. The average molecular weight is 610 g/mol. The third-order valence-corrected chi connectivity index (χ3v) is 6.49. The van der Waals surface area contributed by atoms with Crippen LogP contribution in [0.3, 0.4) is 0 Å². The number of phenols is 1. The third kappa shape index (κ3) is 7.20. The van der Waals surface area contributed by atoms with E-state index in [0.717, 1.165) is 31.6 Å². The fourth-order valence-corrected chi connectivity index (χ4v) is 3.31. The lowest BCUT2D eigenvalue weighted by atomic mass is 9.99. The molecule has 0 radical (unpaired) electrons. The Bertz CT molecular complexity index is 819. The quantitative estimate of drug-likeness (QED) is 0.311. The first-order valence-electron chi connectivity index (χ1n) is 8.79. The summed E-state index contributed by atoms with van der Waals surface area (Å²) in [5.74, 6) is 1.10. The molecule has 0 heterocycles. The molecule has 2 aromatic carbocycles. The van der Waals surface area contributed by atoms with Crippen LogP contribution in [0.4, 0.5) is 0 Å². The lowest BCUT2D eigenvalue weighted by Gasteiger charge is -2.12. The highest BCUT2D eigenvalue weighted by Crippen LogP contribution is 2.30. The molecule has 0 amide bonds. The molecule has 0 spiro atoms. The maximum Gasteiger partial charge on any atom is 0.188 e. The lowest BCUT2D eigenvalue weighted by molar-refractivity contribution is 0.0508. The molecule has 0 aromatic heterocycles. The first-order chi connectivity index (χ1) is 13.1. The molecule has 0 fully saturated rings. The van der Waals surface area contributed by atoms with E-state index in [9.17, 15) is 5.11 Å². The molecule has 154 valence electrons. The molecular weight excluding hydrogens is 582 g/mol. The van der Waals surface area contributed by atoms with E-state index in [-0.39, 0.29) is 25.1 Å². The molecule has 0 bridgehead atoms. The van der Waals surface area contributed by atoms with Gasteiger partial charge in [-0.3, -0.25) is 0 Å². The van der Waals surface area contributed by atoms with Crippen molar-refractivity contribution in [3.05, 3.63) is 60.2 Å². The number of methoxy groups -OCH3 is 1. The molecule has 1 atom stereocenters. The summed E-state index contributed by atoms with van der Waals surface area (Å²) in [6.45, 7) is 12.2. The minimum Gasteiger partial charge on any atom is -0.508 e. The fraction of sp³-hybridized carbons (Fsp3) is 0.364. The number of benzene rings is 2. The Balaban J connectivity index is 0.000000283. The molecule has 0 saturated carbocycles. The molecular formula is C22H28I2O4. The van der Waals surface area contributed by atoms with Crippen LogP contribution in [0.5, 0.6) is 11.5 Å². The zero-order valence-electron chi connectivity index (χ0n) is 17.0. The van der Waals surface area contributed by atoms with E-state index in [1.165, 1.54) is 9.13 Å². The second-order valence-corrected chi connectivity index (χ2v) is 9.00. The van der Waals surface area contributed by atoms with Crippen LogP contribution in [0, 0.1) is 21.0 Å². The Hall–Kier alpha value is -0.840. The molecule has 2 rings (SSSR count). The monoisotopic (exact) mass is 610 g/mol. The van der Waals surface area contributed by atoms with Crippen LogP contribution in [-0.4, -0.2) is 30.7 Å². The summed E-state index contributed by atoms with van der Waals surface area (Å²) in [4.78, 5) is 0. The summed E-state index contributed by atoms with van der Waals surface area (Å²) in [5.41, 5.74) is 5.23. The van der Waals surface area contributed by atoms with Gasteiger partial charge < -0.3 is 19.7 Å². The molecule has 6 heteroatoms. The molecule has 2 aromatic rings. The van der Waals surface area contributed by atoms with Crippen LogP contribution in [0.25, 0.3) is 5.57 Å². The number of hydrogen-bond acceptors (Lipinski definition) is 4. The fourth-order valence-electron chi connectivity index (χ4n) is 2.43. The van der Waals surface area contributed by atoms with Gasteiger partial charge in [0.2, 0.25) is 0 Å². The van der Waals surface area contributed by atoms with Gasteiger partial charge in [0.1, 0.15) is 11.5 Å². The minimum absolute atomic E-state index is 0.00398. The molecule has 0 aliphatic carbocycles. The van der Waals surface area contributed by atoms with Crippen molar-refractivity contribution in [3.63, 3.8) is 0 Å². The zero-order valence-corrected chi connectivity index (χ0v) is 21.3. The highest BCUT2D eigenvalue weighted by atomic mass is 127. The summed E-state index contributed by atoms with van der Waals surface area (Å²) < 4.78 is 12.6. The smallest absolute Gasteiger partial charge is 0.188 e. The van der Waals surface area contributed by atoms with Crippen molar-refractivity contribution >= 4 is 50.8 Å². The van der Waals surface area contributed by atoms with E-state index in [4.69, 9.17) is 14.6 Å². The predicted molar refractivity (Wildman–Crippen MR) is 132 cm³/mol. The Kier molecular flexibility index (Phi) is 10.8. The number of aromatic hydroxyl groups is 1. The molecule has 4 nitrogen and oxygen atoms in total. The second kappa shape index (κ2) is 12.0. The number of hydrogen-bond donors (Lipinski definition) is 2. The van der Waals surface area contributed by atoms with Crippen molar-refractivity contribution < 1.29 is 19.7 Å². The van der Waals surface area contributed by atoms with E-state index in [1.807, 2.05) is 32.9 Å². The van der Waals surface area contributed by atoms with Crippen molar-refractivity contribution in [3.8, 4) is 11.5 Å². The molecule has 1 unspecified atom stereocenters. The third-order valence-electron chi connectivity index (χ3n) is 4.17. The number of aliphatic hydroxyl groups is 1. The van der Waals surface area contributed by atoms with Gasteiger partial charge in [0.25, 0.3) is 0 Å². The Labute approximate surface area is 195 Å². The van der Waals surface area contributed by atoms with Gasteiger partial charge in [0, 0.05) is 32.3 Å². The van der Waals surface area contributed by atoms with Crippen molar-refractivity contribution in [1.82, 2.24) is 0 Å². The highest BCUT2D eigenvalue weighted by Gasteiger charge is 2.11. The number of ether oxygens (including phenoxy) is 2. The van der Waals surface area contributed by atoms with Crippen LogP contribution >= 0.6 is 45.2 Å². The van der Waals surface area contributed by atoms with Crippen molar-refractivity contribution in [2.75, 3.05) is 20.5 Å². The number of allylic oxidation sites excluding steroid dienone is 1. The number of phenolic OH excluding ortho intramolecular Hbond substituents is 1. The van der Waals surface area contributed by atoms with Gasteiger partial charge in [0.15, 0.2) is 6.79 Å². The molecule has 2 N–H and O–H groups in total. The van der Waals surface area contributed by atoms with Gasteiger partial charge in [-0.15, -0.1) is 0 Å². The average Bonchev–Trinajstić information content (AvgIpc) is 2.65. The van der Waals surface area contributed by atoms with E-state index in [1.54, 1.807) is 13.2 Å². The van der Waals surface area contributed by atoms with Crippen molar-refractivity contribution in [2.24, 2.45) is 0 Å². The van der Waals surface area contributed by atoms with Gasteiger partial charge >= 0.3 is 0 Å². The van der Waals surface area contributed by atoms with Crippen LogP contribution in [0.15, 0.2) is 30.8 Å². The summed E-state index contributed by atoms with van der Waals surface area (Å²) in [7, 11) is 1.61. The van der Waals surface area contributed by atoms with E-state index in [2.05, 4.69) is 64.8 Å².